The molecule has 202 valence electrons. The molecule has 7 nitrogen and oxygen atoms in total. The summed E-state index contributed by atoms with van der Waals surface area (Å²) in [6.45, 7) is 2.07. The minimum absolute atomic E-state index is 0.00486. The molecule has 0 unspecified atom stereocenters. The van der Waals surface area contributed by atoms with Gasteiger partial charge in [0.1, 0.15) is 11.6 Å². The molecule has 1 N–H and O–H groups in total. The van der Waals surface area contributed by atoms with Crippen molar-refractivity contribution in [1.82, 2.24) is 14.0 Å². The fourth-order valence-corrected chi connectivity index (χ4v) is 5.92. The molecule has 0 radical (unpaired) electrons. The summed E-state index contributed by atoms with van der Waals surface area (Å²) in [6.07, 6.45) is 1.24. The summed E-state index contributed by atoms with van der Waals surface area (Å²) in [6, 6.07) is 12.6. The van der Waals surface area contributed by atoms with Crippen molar-refractivity contribution >= 4 is 33.8 Å². The summed E-state index contributed by atoms with van der Waals surface area (Å²) in [5.41, 5.74) is 3.48. The number of aliphatic carboxylic acids is 1. The summed E-state index contributed by atoms with van der Waals surface area (Å²) < 4.78 is 29.8. The highest BCUT2D eigenvalue weighted by Gasteiger charge is 2.21. The molecular weight excluding hydrogens is 524 g/mol. The van der Waals surface area contributed by atoms with Crippen molar-refractivity contribution in [3.63, 3.8) is 0 Å². The first-order valence-electron chi connectivity index (χ1n) is 12.7. The van der Waals surface area contributed by atoms with E-state index in [1.165, 1.54) is 50.3 Å². The summed E-state index contributed by atoms with van der Waals surface area (Å²) in [5.74, 6) is -1.66. The van der Waals surface area contributed by atoms with Crippen LogP contribution in [0.2, 0.25) is 0 Å². The number of nitrogens with zero attached hydrogens (tertiary/aromatic N) is 3. The van der Waals surface area contributed by atoms with E-state index < -0.39 is 11.7 Å². The Hall–Kier alpha value is -3.89. The quantitative estimate of drug-likeness (QED) is 0.347. The maximum atomic E-state index is 13.6. The van der Waals surface area contributed by atoms with E-state index in [0.29, 0.717) is 30.5 Å². The van der Waals surface area contributed by atoms with Gasteiger partial charge in [0.25, 0.3) is 5.56 Å². The fourth-order valence-electron chi connectivity index (χ4n) is 5.11. The van der Waals surface area contributed by atoms with Gasteiger partial charge in [-0.1, -0.05) is 29.8 Å². The smallest absolute Gasteiger partial charge is 0.331 e. The highest BCUT2D eigenvalue weighted by molar-refractivity contribution is 7.09. The number of piperidine rings is 1. The molecule has 2 aromatic heterocycles. The molecule has 0 atom stereocenters. The average Bonchev–Trinajstić information content (AvgIpc) is 3.41. The number of carbonyl (C=O) groups is 1. The van der Waals surface area contributed by atoms with Crippen LogP contribution in [0.25, 0.3) is 16.5 Å². The van der Waals surface area contributed by atoms with Crippen LogP contribution in [0.4, 0.5) is 8.78 Å². The molecular formula is C29H27F2N3O4S. The van der Waals surface area contributed by atoms with Crippen LogP contribution >= 0.6 is 11.3 Å². The van der Waals surface area contributed by atoms with Crippen molar-refractivity contribution in [3.05, 3.63) is 108 Å². The number of thiophene rings is 1. The molecule has 1 aliphatic rings. The molecule has 0 amide bonds. The summed E-state index contributed by atoms with van der Waals surface area (Å²) in [5, 5.41) is 12.9. The molecule has 2 aromatic carbocycles. The van der Waals surface area contributed by atoms with Crippen LogP contribution in [-0.2, 0) is 17.9 Å². The van der Waals surface area contributed by atoms with Crippen LogP contribution < -0.4 is 11.2 Å². The van der Waals surface area contributed by atoms with Crippen molar-refractivity contribution in [1.29, 1.82) is 0 Å². The number of aromatic nitrogens is 2. The Kier molecular flexibility index (Phi) is 7.85. The van der Waals surface area contributed by atoms with Gasteiger partial charge in [0.15, 0.2) is 0 Å². The Labute approximate surface area is 226 Å². The number of aryl methyl sites for hydroxylation is 1. The van der Waals surface area contributed by atoms with E-state index in [2.05, 4.69) is 4.90 Å². The first-order chi connectivity index (χ1) is 18.8. The Morgan fingerprint density at radius 2 is 1.41 bits per heavy atom. The van der Waals surface area contributed by atoms with E-state index >= 15 is 0 Å². The van der Waals surface area contributed by atoms with Gasteiger partial charge in [0.2, 0.25) is 0 Å². The van der Waals surface area contributed by atoms with Crippen molar-refractivity contribution in [2.24, 2.45) is 0 Å². The van der Waals surface area contributed by atoms with Gasteiger partial charge in [-0.2, -0.15) is 0 Å². The second-order valence-electron chi connectivity index (χ2n) is 9.54. The third-order valence-corrected chi connectivity index (χ3v) is 7.87. The maximum Gasteiger partial charge on any atom is 0.331 e. The Bertz CT molecular complexity index is 1600. The molecule has 4 aromatic rings. The number of hydrogen-bond acceptors (Lipinski definition) is 5. The number of hydrogen-bond donors (Lipinski definition) is 1. The topological polar surface area (TPSA) is 84.5 Å². The van der Waals surface area contributed by atoms with E-state index in [1.807, 2.05) is 0 Å². The zero-order chi connectivity index (χ0) is 27.5. The lowest BCUT2D eigenvalue weighted by Crippen LogP contribution is -2.43. The average molecular weight is 552 g/mol. The number of halogens is 2. The van der Waals surface area contributed by atoms with Crippen LogP contribution in [-0.4, -0.2) is 44.7 Å². The lowest BCUT2D eigenvalue weighted by atomic mass is 9.88. The minimum Gasteiger partial charge on any atom is -0.481 e. The molecule has 10 heteroatoms. The molecule has 0 saturated carbocycles. The monoisotopic (exact) mass is 551 g/mol. The molecule has 0 aliphatic carbocycles. The summed E-state index contributed by atoms with van der Waals surface area (Å²) in [7, 11) is 0. The maximum absolute atomic E-state index is 13.6. The molecule has 1 fully saturated rings. The predicted molar refractivity (Wildman–Crippen MR) is 147 cm³/mol. The van der Waals surface area contributed by atoms with Crippen molar-refractivity contribution in [2.75, 3.05) is 19.6 Å². The van der Waals surface area contributed by atoms with Crippen LogP contribution in [0.15, 0.2) is 74.5 Å². The lowest BCUT2D eigenvalue weighted by Gasteiger charge is -2.30. The van der Waals surface area contributed by atoms with Gasteiger partial charge in [-0.15, -0.1) is 11.3 Å². The van der Waals surface area contributed by atoms with Crippen LogP contribution in [0.1, 0.15) is 30.4 Å². The second-order valence-corrected chi connectivity index (χ2v) is 10.3. The highest BCUT2D eigenvalue weighted by atomic mass is 32.1. The van der Waals surface area contributed by atoms with E-state index in [0.717, 1.165) is 29.5 Å². The lowest BCUT2D eigenvalue weighted by molar-refractivity contribution is -0.137. The molecule has 1 aliphatic heterocycles. The van der Waals surface area contributed by atoms with Crippen molar-refractivity contribution in [2.45, 2.75) is 32.4 Å². The number of carboxylic acid groups (broad SMARTS) is 1. The first-order valence-corrected chi connectivity index (χ1v) is 13.6. The molecule has 3 heterocycles. The zero-order valence-electron chi connectivity index (χ0n) is 21.1. The standard InChI is InChI=1S/C29H27F2N3O4S/c30-22-5-1-19(2-6-22)27(20-3-7-23(31)8-4-20)21-9-12-32(13-10-21)15-16-34-28(37)24-17-39-18-25(24)33(29(34)38)14-11-26(35)36/h1-8,17-18H,9-16H2,(H,35,36). The van der Waals surface area contributed by atoms with E-state index in [1.54, 1.807) is 35.0 Å². The van der Waals surface area contributed by atoms with Gasteiger partial charge < -0.3 is 10.0 Å². The molecule has 0 bridgehead atoms. The first kappa shape index (κ1) is 26.7. The normalized spacial score (nSPS) is 14.2. The van der Waals surface area contributed by atoms with Crippen LogP contribution in [0, 0.1) is 11.6 Å². The highest BCUT2D eigenvalue weighted by Crippen LogP contribution is 2.32. The van der Waals surface area contributed by atoms with Crippen molar-refractivity contribution < 1.29 is 18.7 Å². The number of likely N-dealkylation sites (tertiary alicyclic amines) is 1. The van der Waals surface area contributed by atoms with Gasteiger partial charge in [-0.25, -0.2) is 13.6 Å². The fraction of sp³-hybridized carbons (Fsp3) is 0.276. The van der Waals surface area contributed by atoms with Crippen LogP contribution in [0.5, 0.6) is 0 Å². The van der Waals surface area contributed by atoms with Gasteiger partial charge in [0, 0.05) is 43.5 Å². The Morgan fingerprint density at radius 1 is 0.821 bits per heavy atom. The van der Waals surface area contributed by atoms with Gasteiger partial charge in [-0.3, -0.25) is 18.7 Å². The SMILES string of the molecule is O=C(O)CCn1c(=O)n(CCN2CCC(=C(c3ccc(F)cc3)c3ccc(F)cc3)CC2)c(=O)c2cscc21. The zero-order valence-corrected chi connectivity index (χ0v) is 21.9. The number of benzene rings is 2. The minimum atomic E-state index is -1.01. The number of carboxylic acids is 1. The Balaban J connectivity index is 1.36. The van der Waals surface area contributed by atoms with E-state index in [-0.39, 0.29) is 36.7 Å². The number of rotatable bonds is 8. The van der Waals surface area contributed by atoms with Crippen molar-refractivity contribution in [3.8, 4) is 0 Å². The van der Waals surface area contributed by atoms with Gasteiger partial charge >= 0.3 is 11.7 Å². The van der Waals surface area contributed by atoms with Gasteiger partial charge in [-0.05, 0) is 53.8 Å². The molecule has 39 heavy (non-hydrogen) atoms. The van der Waals surface area contributed by atoms with Crippen LogP contribution in [0.3, 0.4) is 0 Å². The third-order valence-electron chi connectivity index (χ3n) is 7.14. The molecule has 5 rings (SSSR count). The predicted octanol–water partition coefficient (Wildman–Crippen LogP) is 4.58. The largest absolute Gasteiger partial charge is 0.481 e. The summed E-state index contributed by atoms with van der Waals surface area (Å²) >= 11 is 1.30. The number of fused-ring (bicyclic) bond motifs is 1. The molecule has 1 saturated heterocycles. The molecule has 0 spiro atoms. The third kappa shape index (κ3) is 5.76. The van der Waals surface area contributed by atoms with E-state index in [4.69, 9.17) is 5.11 Å². The van der Waals surface area contributed by atoms with Gasteiger partial charge in [0.05, 0.1) is 17.3 Å². The Morgan fingerprint density at radius 3 is 1.97 bits per heavy atom. The van der Waals surface area contributed by atoms with E-state index in [9.17, 15) is 23.2 Å². The second kappa shape index (κ2) is 11.5. The summed E-state index contributed by atoms with van der Waals surface area (Å²) in [4.78, 5) is 39.5.